The second-order valence-corrected chi connectivity index (χ2v) is 6.28. The Labute approximate surface area is 158 Å². The lowest BCUT2D eigenvalue weighted by Crippen LogP contribution is -2.43. The van der Waals surface area contributed by atoms with E-state index in [1.54, 1.807) is 19.1 Å². The molecule has 3 rings (SSSR count). The minimum atomic E-state index is -5.00. The van der Waals surface area contributed by atoms with E-state index in [-0.39, 0.29) is 29.7 Å². The van der Waals surface area contributed by atoms with Crippen molar-refractivity contribution in [3.63, 3.8) is 0 Å². The molecule has 1 unspecified atom stereocenters. The number of nitrogens with one attached hydrogen (secondary N) is 1. The zero-order chi connectivity index (χ0) is 20.9. The maximum absolute atomic E-state index is 12.9. The monoisotopic (exact) mass is 404 g/mol. The number of hydrogen-bond donors (Lipinski definition) is 2. The summed E-state index contributed by atoms with van der Waals surface area (Å²) >= 11 is 0. The topological polar surface area (TPSA) is 91.5 Å². The van der Waals surface area contributed by atoms with E-state index in [0.29, 0.717) is 5.56 Å². The van der Waals surface area contributed by atoms with E-state index in [1.165, 1.54) is 12.1 Å². The Morgan fingerprint density at radius 2 is 1.93 bits per heavy atom. The van der Waals surface area contributed by atoms with Gasteiger partial charge in [0.1, 0.15) is 11.9 Å². The van der Waals surface area contributed by atoms with E-state index >= 15 is 0 Å². The number of alkyl halides is 3. The molecular weight excluding hydrogens is 384 g/mol. The zero-order valence-electron chi connectivity index (χ0n) is 15.2. The largest absolute Gasteiger partial charge is 0.519 e. The maximum atomic E-state index is 12.9. The molecule has 0 aliphatic carbocycles. The molecule has 1 saturated heterocycles. The number of hydrogen-bond acceptors (Lipinski definition) is 6. The lowest BCUT2D eigenvalue weighted by molar-refractivity contribution is -0.295. The molecule has 0 spiro atoms. The van der Waals surface area contributed by atoms with Crippen molar-refractivity contribution in [3.05, 3.63) is 30.1 Å². The van der Waals surface area contributed by atoms with Crippen molar-refractivity contribution in [2.45, 2.75) is 45.1 Å². The highest BCUT2D eigenvalue weighted by Crippen LogP contribution is 2.22. The van der Waals surface area contributed by atoms with Crippen LogP contribution in [0.1, 0.15) is 26.7 Å². The van der Waals surface area contributed by atoms with Gasteiger partial charge in [-0.1, -0.05) is 5.10 Å². The Hall–Kier alpha value is -2.69. The van der Waals surface area contributed by atoms with Gasteiger partial charge in [0.25, 0.3) is 0 Å². The van der Waals surface area contributed by atoms with Crippen LogP contribution in [-0.2, 0) is 4.79 Å². The van der Waals surface area contributed by atoms with Gasteiger partial charge in [0.15, 0.2) is 0 Å². The van der Waals surface area contributed by atoms with E-state index in [2.05, 4.69) is 22.4 Å². The molecule has 1 fully saturated rings. The number of aromatic nitrogens is 2. The lowest BCUT2D eigenvalue weighted by Gasteiger charge is -2.24. The van der Waals surface area contributed by atoms with Crippen molar-refractivity contribution in [1.29, 1.82) is 0 Å². The number of rotatable bonds is 4. The molecule has 154 valence electrons. The smallest absolute Gasteiger partial charge is 0.403 e. The average Bonchev–Trinajstić information content (AvgIpc) is 3.22. The van der Waals surface area contributed by atoms with Gasteiger partial charge in [-0.25, -0.2) is 4.39 Å². The molecule has 0 bridgehead atoms. The summed E-state index contributed by atoms with van der Waals surface area (Å²) in [7, 11) is 0. The van der Waals surface area contributed by atoms with Crippen LogP contribution >= 0.6 is 0 Å². The number of amides is 1. The molecule has 2 aromatic rings. The van der Waals surface area contributed by atoms with Gasteiger partial charge in [-0.2, -0.15) is 0 Å². The van der Waals surface area contributed by atoms with Gasteiger partial charge < -0.3 is 19.7 Å². The Morgan fingerprint density at radius 3 is 2.46 bits per heavy atom. The van der Waals surface area contributed by atoms with Gasteiger partial charge in [0.2, 0.25) is 11.8 Å². The number of benzene rings is 1. The third kappa shape index (κ3) is 6.48. The van der Waals surface area contributed by atoms with Crippen LogP contribution in [-0.4, -0.2) is 51.1 Å². The molecule has 0 radical (unpaired) electrons. The van der Waals surface area contributed by atoms with Gasteiger partial charge in [-0.05, 0) is 51.0 Å². The van der Waals surface area contributed by atoms with Crippen molar-refractivity contribution >= 4 is 11.9 Å². The third-order valence-corrected chi connectivity index (χ3v) is 4.06. The number of nitrogens with zero attached hydrogens (tertiary/aromatic N) is 3. The summed E-state index contributed by atoms with van der Waals surface area (Å²) in [4.78, 5) is 14.3. The molecule has 11 heteroatoms. The quantitative estimate of drug-likeness (QED) is 0.761. The van der Waals surface area contributed by atoms with Gasteiger partial charge in [-0.15, -0.1) is 18.3 Å². The molecule has 0 saturated carbocycles. The van der Waals surface area contributed by atoms with Crippen molar-refractivity contribution in [3.8, 4) is 11.5 Å². The summed E-state index contributed by atoms with van der Waals surface area (Å²) in [6.45, 7) is 4.61. The highest BCUT2D eigenvalue weighted by atomic mass is 19.4. The Kier molecular flexibility index (Phi) is 6.95. The van der Waals surface area contributed by atoms with Crippen LogP contribution in [0.2, 0.25) is 0 Å². The second kappa shape index (κ2) is 9.00. The fourth-order valence-electron chi connectivity index (χ4n) is 2.75. The molecule has 28 heavy (non-hydrogen) atoms. The van der Waals surface area contributed by atoms with E-state index in [1.807, 2.05) is 4.90 Å². The molecule has 2 N–H and O–H groups in total. The average molecular weight is 404 g/mol. The summed E-state index contributed by atoms with van der Waals surface area (Å²) in [5, 5.41) is 17.3. The minimum absolute atomic E-state index is 0.0246. The van der Waals surface area contributed by atoms with Gasteiger partial charge >= 0.3 is 12.4 Å². The molecule has 2 heterocycles. The standard InChI is InChI=1S/C16H19FN4O2.CHF3O/c1-10-4-3-9-21(10)15(22)11(2)18-16-20-19-14(23-16)12-5-7-13(17)8-6-12;2-1(3,4)5/h5-8,10-11H,3-4,9H2,1-2H3,(H,18,20);5H/t10?,11-;/m1./s1. The first kappa shape index (κ1) is 21.6. The van der Waals surface area contributed by atoms with Crippen LogP contribution in [0.25, 0.3) is 11.5 Å². The van der Waals surface area contributed by atoms with Crippen LogP contribution in [0.15, 0.2) is 28.7 Å². The molecule has 1 aromatic heterocycles. The summed E-state index contributed by atoms with van der Waals surface area (Å²) in [6, 6.07) is 5.78. The van der Waals surface area contributed by atoms with Gasteiger partial charge in [0.05, 0.1) is 0 Å². The molecule has 1 aliphatic heterocycles. The summed E-state index contributed by atoms with van der Waals surface area (Å²) in [5.41, 5.74) is 0.624. The fourth-order valence-corrected chi connectivity index (χ4v) is 2.75. The van der Waals surface area contributed by atoms with Crippen LogP contribution in [0.5, 0.6) is 0 Å². The summed E-state index contributed by atoms with van der Waals surface area (Å²) < 4.78 is 48.1. The van der Waals surface area contributed by atoms with Crippen LogP contribution in [0.4, 0.5) is 23.6 Å². The Bertz CT molecular complexity index is 773. The van der Waals surface area contributed by atoms with E-state index in [9.17, 15) is 22.4 Å². The minimum Gasteiger partial charge on any atom is -0.403 e. The molecular formula is C17H20F4N4O3. The fraction of sp³-hybridized carbons (Fsp3) is 0.471. The number of carbonyl (C=O) groups is 1. The highest BCUT2D eigenvalue weighted by molar-refractivity contribution is 5.84. The van der Waals surface area contributed by atoms with E-state index in [4.69, 9.17) is 9.52 Å². The number of carbonyl (C=O) groups excluding carboxylic acids is 1. The summed E-state index contributed by atoms with van der Waals surface area (Å²) in [5.74, 6) is -0.0243. The highest BCUT2D eigenvalue weighted by Gasteiger charge is 2.29. The SMILES string of the molecule is CC1CCCN1C(=O)[C@@H](C)Nc1nnc(-c2ccc(F)cc2)o1.OC(F)(F)F. The number of likely N-dealkylation sites (tertiary alicyclic amines) is 1. The summed E-state index contributed by atoms with van der Waals surface area (Å²) in [6.07, 6.45) is -2.93. The number of aliphatic hydroxyl groups is 1. The molecule has 1 amide bonds. The van der Waals surface area contributed by atoms with Crippen molar-refractivity contribution in [1.82, 2.24) is 15.1 Å². The second-order valence-electron chi connectivity index (χ2n) is 6.28. The first-order chi connectivity index (χ1) is 13.0. The number of halogens is 4. The van der Waals surface area contributed by atoms with Crippen molar-refractivity contribution in [2.75, 3.05) is 11.9 Å². The van der Waals surface area contributed by atoms with Crippen LogP contribution in [0.3, 0.4) is 0 Å². The zero-order valence-corrected chi connectivity index (χ0v) is 15.2. The normalized spacial score (nSPS) is 17.7. The van der Waals surface area contributed by atoms with E-state index < -0.39 is 12.4 Å². The number of anilines is 1. The van der Waals surface area contributed by atoms with Crippen molar-refractivity contribution < 1.29 is 31.9 Å². The first-order valence-electron chi connectivity index (χ1n) is 8.50. The van der Waals surface area contributed by atoms with Crippen LogP contribution < -0.4 is 5.32 Å². The van der Waals surface area contributed by atoms with E-state index in [0.717, 1.165) is 19.4 Å². The predicted molar refractivity (Wildman–Crippen MR) is 91.5 cm³/mol. The molecule has 7 nitrogen and oxygen atoms in total. The molecule has 2 atom stereocenters. The molecule has 1 aliphatic rings. The van der Waals surface area contributed by atoms with Gasteiger partial charge in [0, 0.05) is 18.2 Å². The van der Waals surface area contributed by atoms with Gasteiger partial charge in [-0.3, -0.25) is 4.79 Å². The Balaban J connectivity index is 0.000000500. The maximum Gasteiger partial charge on any atom is 0.519 e. The predicted octanol–water partition coefficient (Wildman–Crippen LogP) is 3.19. The first-order valence-corrected chi connectivity index (χ1v) is 8.50. The lowest BCUT2D eigenvalue weighted by atomic mass is 10.2. The van der Waals surface area contributed by atoms with Crippen LogP contribution in [0, 0.1) is 5.82 Å². The molecule has 1 aromatic carbocycles. The third-order valence-electron chi connectivity index (χ3n) is 4.06. The Morgan fingerprint density at radius 1 is 1.32 bits per heavy atom. The van der Waals surface area contributed by atoms with Crippen molar-refractivity contribution in [2.24, 2.45) is 0 Å².